The molecule has 0 spiro atoms. The summed E-state index contributed by atoms with van der Waals surface area (Å²) in [5, 5.41) is 4.10. The second kappa shape index (κ2) is 7.47. The molecule has 6 nitrogen and oxygen atoms in total. The topological polar surface area (TPSA) is 93.8 Å². The van der Waals surface area contributed by atoms with Crippen LogP contribution in [0, 0.1) is 18.8 Å². The molecule has 0 aromatic carbocycles. The maximum absolute atomic E-state index is 12.8. The predicted molar refractivity (Wildman–Crippen MR) is 112 cm³/mol. The first-order valence-electron chi connectivity index (χ1n) is 9.95. The number of alkyl halides is 3. The molecule has 3 heterocycles. The molecule has 9 heteroatoms. The van der Waals surface area contributed by atoms with Crippen molar-refractivity contribution >= 4 is 28.2 Å². The van der Waals surface area contributed by atoms with E-state index in [4.69, 9.17) is 10.7 Å². The number of nitrogens with zero attached hydrogens (tertiary/aromatic N) is 3. The number of rotatable bonds is 4. The zero-order chi connectivity index (χ0) is 22.5. The van der Waals surface area contributed by atoms with Gasteiger partial charge in [0.25, 0.3) is 0 Å². The van der Waals surface area contributed by atoms with Gasteiger partial charge in [0.1, 0.15) is 5.82 Å². The minimum atomic E-state index is -4.35. The number of amides is 1. The maximum atomic E-state index is 12.8. The Morgan fingerprint density at radius 2 is 1.97 bits per heavy atom. The minimum absolute atomic E-state index is 0.0954. The maximum Gasteiger partial charge on any atom is 0.392 e. The molecule has 0 aliphatic heterocycles. The molecule has 1 amide bonds. The summed E-state index contributed by atoms with van der Waals surface area (Å²) in [6.07, 6.45) is 0.325. The lowest BCUT2D eigenvalue weighted by atomic mass is 9.99. The number of fused-ring (bicyclic) bond motifs is 1. The van der Waals surface area contributed by atoms with Crippen LogP contribution in [0.25, 0.3) is 22.0 Å². The highest BCUT2D eigenvalue weighted by molar-refractivity contribution is 5.96. The fourth-order valence-electron chi connectivity index (χ4n) is 3.69. The van der Waals surface area contributed by atoms with E-state index in [1.165, 1.54) is 0 Å². The number of aromatic nitrogens is 3. The monoisotopic (exact) mass is 429 g/mol. The number of carbonyl (C=O) groups is 1. The van der Waals surface area contributed by atoms with Crippen molar-refractivity contribution in [2.24, 2.45) is 11.8 Å². The Bertz CT molecular complexity index is 1180. The molecule has 1 saturated carbocycles. The van der Waals surface area contributed by atoms with Crippen molar-refractivity contribution in [3.63, 3.8) is 0 Å². The van der Waals surface area contributed by atoms with Crippen LogP contribution in [-0.4, -0.2) is 27.0 Å². The van der Waals surface area contributed by atoms with Gasteiger partial charge in [-0.3, -0.25) is 14.8 Å². The molecule has 0 radical (unpaired) electrons. The second-order valence-electron chi connectivity index (χ2n) is 8.22. The van der Waals surface area contributed by atoms with Crippen molar-refractivity contribution in [3.8, 4) is 11.3 Å². The van der Waals surface area contributed by atoms with Crippen LogP contribution in [0.4, 0.5) is 24.7 Å². The summed E-state index contributed by atoms with van der Waals surface area (Å²) in [4.78, 5) is 25.4. The van der Waals surface area contributed by atoms with Crippen LogP contribution in [-0.2, 0) is 4.79 Å². The Morgan fingerprint density at radius 1 is 1.23 bits per heavy atom. The fraction of sp³-hybridized carbons (Fsp3) is 0.364. The summed E-state index contributed by atoms with van der Waals surface area (Å²) in [7, 11) is 0. The Balaban J connectivity index is 1.71. The summed E-state index contributed by atoms with van der Waals surface area (Å²) in [5.41, 5.74) is 9.69. The van der Waals surface area contributed by atoms with E-state index in [0.29, 0.717) is 11.4 Å². The zero-order valence-corrected chi connectivity index (χ0v) is 17.3. The number of nitrogens with two attached hydrogens (primary N) is 1. The Hall–Kier alpha value is -3.23. The van der Waals surface area contributed by atoms with Gasteiger partial charge in [-0.25, -0.2) is 4.98 Å². The summed E-state index contributed by atoms with van der Waals surface area (Å²) < 4.78 is 38.3. The zero-order valence-electron chi connectivity index (χ0n) is 17.3. The van der Waals surface area contributed by atoms with Gasteiger partial charge in [0.2, 0.25) is 5.91 Å². The summed E-state index contributed by atoms with van der Waals surface area (Å²) >= 11 is 0. The number of pyridine rings is 3. The molecule has 2 atom stereocenters. The normalized spacial score (nSPS) is 18.4. The molecule has 1 aliphatic rings. The van der Waals surface area contributed by atoms with Crippen molar-refractivity contribution in [1.29, 1.82) is 0 Å². The lowest BCUT2D eigenvalue weighted by molar-refractivity contribution is -0.153. The lowest BCUT2D eigenvalue weighted by Crippen LogP contribution is -2.20. The molecule has 0 bridgehead atoms. The largest absolute Gasteiger partial charge is 0.397 e. The summed E-state index contributed by atoms with van der Waals surface area (Å²) in [6, 6.07) is 3.50. The average molecular weight is 429 g/mol. The number of hydrogen-bond donors (Lipinski definition) is 2. The van der Waals surface area contributed by atoms with Gasteiger partial charge in [-0.05, 0) is 42.3 Å². The summed E-state index contributed by atoms with van der Waals surface area (Å²) in [5.74, 6) is -2.99. The number of nitrogens with one attached hydrogen (secondary N) is 1. The van der Waals surface area contributed by atoms with Gasteiger partial charge in [0.15, 0.2) is 0 Å². The van der Waals surface area contributed by atoms with Crippen molar-refractivity contribution in [1.82, 2.24) is 15.0 Å². The molecule has 0 unspecified atom stereocenters. The molecular weight excluding hydrogens is 407 g/mol. The van der Waals surface area contributed by atoms with Gasteiger partial charge < -0.3 is 11.1 Å². The highest BCUT2D eigenvalue weighted by Gasteiger charge is 2.58. The predicted octanol–water partition coefficient (Wildman–Crippen LogP) is 4.84. The van der Waals surface area contributed by atoms with Crippen LogP contribution in [0.5, 0.6) is 0 Å². The van der Waals surface area contributed by atoms with Crippen LogP contribution in [0.3, 0.4) is 0 Å². The molecule has 31 heavy (non-hydrogen) atoms. The van der Waals surface area contributed by atoms with E-state index in [2.05, 4.69) is 15.3 Å². The number of hydrogen-bond acceptors (Lipinski definition) is 5. The molecule has 3 aromatic heterocycles. The molecular formula is C22H22F3N5O. The quantitative estimate of drug-likeness (QED) is 0.619. The van der Waals surface area contributed by atoms with Crippen molar-refractivity contribution in [2.45, 2.75) is 39.3 Å². The van der Waals surface area contributed by atoms with E-state index < -0.39 is 23.9 Å². The molecule has 4 rings (SSSR count). The van der Waals surface area contributed by atoms with Crippen molar-refractivity contribution < 1.29 is 18.0 Å². The Morgan fingerprint density at radius 3 is 2.61 bits per heavy atom. The first-order valence-corrected chi connectivity index (χ1v) is 9.95. The lowest BCUT2D eigenvalue weighted by Gasteiger charge is -2.14. The third-order valence-corrected chi connectivity index (χ3v) is 5.62. The van der Waals surface area contributed by atoms with Gasteiger partial charge in [-0.2, -0.15) is 13.2 Å². The van der Waals surface area contributed by atoms with E-state index in [1.54, 1.807) is 24.7 Å². The highest BCUT2D eigenvalue weighted by atomic mass is 19.4. The van der Waals surface area contributed by atoms with Crippen LogP contribution >= 0.6 is 0 Å². The van der Waals surface area contributed by atoms with Crippen LogP contribution in [0.1, 0.15) is 37.4 Å². The fourth-order valence-corrected chi connectivity index (χ4v) is 3.69. The van der Waals surface area contributed by atoms with Crippen LogP contribution in [0.15, 0.2) is 30.7 Å². The van der Waals surface area contributed by atoms with Gasteiger partial charge in [0.05, 0.1) is 35.1 Å². The third-order valence-electron chi connectivity index (χ3n) is 5.62. The van der Waals surface area contributed by atoms with Crippen molar-refractivity contribution in [2.75, 3.05) is 11.1 Å². The third kappa shape index (κ3) is 4.04. The van der Waals surface area contributed by atoms with Gasteiger partial charge in [0, 0.05) is 23.3 Å². The highest BCUT2D eigenvalue weighted by Crippen LogP contribution is 2.50. The van der Waals surface area contributed by atoms with E-state index in [-0.39, 0.29) is 18.2 Å². The van der Waals surface area contributed by atoms with Crippen LogP contribution in [0.2, 0.25) is 0 Å². The van der Waals surface area contributed by atoms with Gasteiger partial charge in [-0.1, -0.05) is 13.8 Å². The Kier molecular flexibility index (Phi) is 5.07. The van der Waals surface area contributed by atoms with E-state index in [1.807, 2.05) is 26.8 Å². The van der Waals surface area contributed by atoms with Gasteiger partial charge in [-0.15, -0.1) is 0 Å². The first-order chi connectivity index (χ1) is 14.6. The van der Waals surface area contributed by atoms with Crippen molar-refractivity contribution in [3.05, 3.63) is 42.0 Å². The molecule has 3 N–H and O–H groups in total. The minimum Gasteiger partial charge on any atom is -0.397 e. The van der Waals surface area contributed by atoms with Crippen LogP contribution < -0.4 is 11.1 Å². The second-order valence-corrected chi connectivity index (χ2v) is 8.22. The number of anilines is 2. The average Bonchev–Trinajstić information content (AvgIpc) is 3.50. The standard InChI is InChI=1S/C22H22F3N5O/c1-10(2)20-15-8-28-19(30-21(31)13-6-16(13)22(23,24)25)5-12(15)4-18(29-20)14-7-27-9-17(26)11(14)3/h4-5,7-10,13,16H,6,26H2,1-3H3,(H,28,30,31)/t13-,16-/m0/s1. The van der Waals surface area contributed by atoms with E-state index in [9.17, 15) is 18.0 Å². The summed E-state index contributed by atoms with van der Waals surface area (Å²) in [6.45, 7) is 5.91. The molecule has 1 aliphatic carbocycles. The van der Waals surface area contributed by atoms with Gasteiger partial charge >= 0.3 is 6.18 Å². The number of halogens is 3. The number of carbonyl (C=O) groups excluding carboxylic acids is 1. The smallest absolute Gasteiger partial charge is 0.392 e. The molecule has 162 valence electrons. The molecule has 0 saturated heterocycles. The van der Waals surface area contributed by atoms with E-state index >= 15 is 0 Å². The SMILES string of the molecule is Cc1c(N)cncc1-c1cc2cc(NC(=O)[C@H]3C[C@@H]3C(F)(F)F)ncc2c(C(C)C)n1. The number of nitrogen functional groups attached to an aromatic ring is 1. The molecule has 1 fully saturated rings. The van der Waals surface area contributed by atoms with E-state index in [0.717, 1.165) is 27.6 Å². The first kappa shape index (κ1) is 21.0. The Labute approximate surface area is 177 Å². The molecule has 3 aromatic rings.